The third-order valence-corrected chi connectivity index (χ3v) is 4.55. The Hall–Kier alpha value is -2.47. The summed E-state index contributed by atoms with van der Waals surface area (Å²) in [7, 11) is 0. The second-order valence-electron chi connectivity index (χ2n) is 6.52. The fraction of sp³-hybridized carbons (Fsp3) is 0.450. The van der Waals surface area contributed by atoms with Crippen LogP contribution in [-0.2, 0) is 24.0 Å². The van der Waals surface area contributed by atoms with Gasteiger partial charge in [0.1, 0.15) is 0 Å². The Morgan fingerprint density at radius 1 is 1.00 bits per heavy atom. The van der Waals surface area contributed by atoms with Crippen LogP contribution in [0.3, 0.4) is 0 Å². The van der Waals surface area contributed by atoms with E-state index in [2.05, 4.69) is 12.2 Å². The van der Waals surface area contributed by atoms with Crippen molar-refractivity contribution in [1.82, 2.24) is 5.06 Å². The van der Waals surface area contributed by atoms with Gasteiger partial charge < -0.3 is 9.57 Å². The topological polar surface area (TPSA) is 72.9 Å². The van der Waals surface area contributed by atoms with Gasteiger partial charge in [0.05, 0.1) is 6.10 Å². The smallest absolute Gasteiger partial charge is 0.358 e. The van der Waals surface area contributed by atoms with E-state index in [1.165, 1.54) is 0 Å². The monoisotopic (exact) mass is 357 g/mol. The molecule has 2 unspecified atom stereocenters. The molecular weight excluding hydrogens is 334 g/mol. The van der Waals surface area contributed by atoms with Crippen LogP contribution >= 0.6 is 0 Å². The van der Waals surface area contributed by atoms with Crippen LogP contribution in [0.4, 0.5) is 0 Å². The molecule has 0 aromatic heterocycles. The molecule has 3 rings (SSSR count). The van der Waals surface area contributed by atoms with Crippen LogP contribution in [0.1, 0.15) is 56.6 Å². The van der Waals surface area contributed by atoms with Crippen LogP contribution in [0.25, 0.3) is 0 Å². The number of rotatable bonds is 5. The van der Waals surface area contributed by atoms with Crippen LogP contribution in [0.2, 0.25) is 0 Å². The molecule has 6 heteroatoms. The molecule has 0 N–H and O–H groups in total. The molecule has 0 bridgehead atoms. The standard InChI is InChI=1S/C20H23NO5/c22-17-13-14-18(23)21(17)26-20(24)19(15-9-5-4-6-10-15)25-16-11-7-2-1-3-8-12-16/h1-2,4-6,9-10,16,19H,3,7-8,11-14H2. The highest BCUT2D eigenvalue weighted by Gasteiger charge is 2.36. The normalized spacial score (nSPS) is 22.0. The predicted octanol–water partition coefficient (Wildman–Crippen LogP) is 3.24. The zero-order valence-electron chi connectivity index (χ0n) is 14.6. The van der Waals surface area contributed by atoms with Gasteiger partial charge in [-0.15, -0.1) is 5.06 Å². The predicted molar refractivity (Wildman–Crippen MR) is 93.5 cm³/mol. The summed E-state index contributed by atoms with van der Waals surface area (Å²) >= 11 is 0. The maximum Gasteiger partial charge on any atom is 0.366 e. The van der Waals surface area contributed by atoms with E-state index in [-0.39, 0.29) is 18.9 Å². The van der Waals surface area contributed by atoms with E-state index in [1.54, 1.807) is 12.1 Å². The van der Waals surface area contributed by atoms with Crippen molar-refractivity contribution in [1.29, 1.82) is 0 Å². The zero-order valence-corrected chi connectivity index (χ0v) is 14.6. The highest BCUT2D eigenvalue weighted by molar-refractivity contribution is 6.01. The van der Waals surface area contributed by atoms with Crippen molar-refractivity contribution in [2.45, 2.75) is 57.2 Å². The van der Waals surface area contributed by atoms with E-state index in [4.69, 9.17) is 9.57 Å². The second-order valence-corrected chi connectivity index (χ2v) is 6.52. The van der Waals surface area contributed by atoms with E-state index >= 15 is 0 Å². The van der Waals surface area contributed by atoms with Crippen LogP contribution in [-0.4, -0.2) is 29.0 Å². The van der Waals surface area contributed by atoms with Crippen molar-refractivity contribution in [3.63, 3.8) is 0 Å². The van der Waals surface area contributed by atoms with Gasteiger partial charge in [-0.3, -0.25) is 9.59 Å². The first-order chi connectivity index (χ1) is 12.6. The molecule has 2 atom stereocenters. The number of hydroxylamine groups is 2. The average molecular weight is 357 g/mol. The second kappa shape index (κ2) is 8.76. The first-order valence-corrected chi connectivity index (χ1v) is 9.08. The molecule has 0 spiro atoms. The minimum absolute atomic E-state index is 0.0674. The van der Waals surface area contributed by atoms with Crippen molar-refractivity contribution < 1.29 is 24.0 Å². The lowest BCUT2D eigenvalue weighted by molar-refractivity contribution is -0.208. The summed E-state index contributed by atoms with van der Waals surface area (Å²) in [5, 5.41) is 0.572. The van der Waals surface area contributed by atoms with Gasteiger partial charge in [-0.05, 0) is 37.7 Å². The van der Waals surface area contributed by atoms with E-state index < -0.39 is 23.9 Å². The van der Waals surface area contributed by atoms with Crippen LogP contribution in [0, 0.1) is 0 Å². The molecule has 2 amide bonds. The first kappa shape index (κ1) is 18.3. The van der Waals surface area contributed by atoms with Gasteiger partial charge in [0, 0.05) is 12.8 Å². The third-order valence-electron chi connectivity index (χ3n) is 4.55. The average Bonchev–Trinajstić information content (AvgIpc) is 2.93. The van der Waals surface area contributed by atoms with Gasteiger partial charge in [0.25, 0.3) is 11.8 Å². The Balaban J connectivity index is 1.74. The maximum absolute atomic E-state index is 12.7. The summed E-state index contributed by atoms with van der Waals surface area (Å²) in [6.07, 6.45) is 7.93. The van der Waals surface area contributed by atoms with E-state index in [1.807, 2.05) is 18.2 Å². The molecule has 1 aliphatic heterocycles. The number of carbonyl (C=O) groups excluding carboxylic acids is 3. The number of benzene rings is 1. The van der Waals surface area contributed by atoms with Gasteiger partial charge in [-0.25, -0.2) is 4.79 Å². The number of amides is 2. The van der Waals surface area contributed by atoms with Gasteiger partial charge >= 0.3 is 5.97 Å². The number of ether oxygens (including phenoxy) is 1. The number of carbonyl (C=O) groups is 3. The quantitative estimate of drug-likeness (QED) is 0.597. The Morgan fingerprint density at radius 3 is 2.42 bits per heavy atom. The largest absolute Gasteiger partial charge is 0.366 e. The van der Waals surface area contributed by atoms with Crippen molar-refractivity contribution in [3.05, 3.63) is 48.0 Å². The molecular formula is C20H23NO5. The van der Waals surface area contributed by atoms with Crippen molar-refractivity contribution in [2.24, 2.45) is 0 Å². The highest BCUT2D eigenvalue weighted by atomic mass is 16.7. The lowest BCUT2D eigenvalue weighted by Gasteiger charge is -2.25. The van der Waals surface area contributed by atoms with Gasteiger partial charge in [-0.2, -0.15) is 0 Å². The summed E-state index contributed by atoms with van der Waals surface area (Å²) in [6.45, 7) is 0. The number of nitrogens with zero attached hydrogens (tertiary/aromatic N) is 1. The van der Waals surface area contributed by atoms with E-state index in [9.17, 15) is 14.4 Å². The molecule has 6 nitrogen and oxygen atoms in total. The molecule has 1 heterocycles. The highest BCUT2D eigenvalue weighted by Crippen LogP contribution is 2.27. The lowest BCUT2D eigenvalue weighted by atomic mass is 10.0. The minimum atomic E-state index is -0.967. The molecule has 0 saturated carbocycles. The van der Waals surface area contributed by atoms with Crippen LogP contribution in [0.5, 0.6) is 0 Å². The molecule has 26 heavy (non-hydrogen) atoms. The minimum Gasteiger partial charge on any atom is -0.358 e. The van der Waals surface area contributed by atoms with Crippen LogP contribution in [0.15, 0.2) is 42.5 Å². The Labute approximate surface area is 152 Å². The summed E-state index contributed by atoms with van der Waals surface area (Å²) < 4.78 is 6.10. The van der Waals surface area contributed by atoms with Gasteiger partial charge in [0.2, 0.25) is 0 Å². The number of hydrogen-bond acceptors (Lipinski definition) is 5. The fourth-order valence-electron chi connectivity index (χ4n) is 3.15. The molecule has 1 aromatic rings. The van der Waals surface area contributed by atoms with Crippen LogP contribution < -0.4 is 0 Å². The third kappa shape index (κ3) is 4.58. The zero-order chi connectivity index (χ0) is 18.4. The fourth-order valence-corrected chi connectivity index (χ4v) is 3.15. The first-order valence-electron chi connectivity index (χ1n) is 9.08. The summed E-state index contributed by atoms with van der Waals surface area (Å²) in [4.78, 5) is 41.3. The Kier molecular flexibility index (Phi) is 6.17. The number of allylic oxidation sites excluding steroid dienone is 2. The summed E-state index contributed by atoms with van der Waals surface area (Å²) in [5.41, 5.74) is 0.647. The van der Waals surface area contributed by atoms with Crippen molar-refractivity contribution >= 4 is 17.8 Å². The maximum atomic E-state index is 12.7. The molecule has 138 valence electrons. The van der Waals surface area contributed by atoms with Gasteiger partial charge in [-0.1, -0.05) is 42.5 Å². The number of imide groups is 1. The Morgan fingerprint density at radius 2 is 1.69 bits per heavy atom. The Bertz CT molecular complexity index is 669. The van der Waals surface area contributed by atoms with E-state index in [0.717, 1.165) is 32.1 Å². The molecule has 1 aromatic carbocycles. The summed E-state index contributed by atoms with van der Waals surface area (Å²) in [5.74, 6) is -1.73. The molecule has 1 saturated heterocycles. The van der Waals surface area contributed by atoms with Gasteiger partial charge in [0.15, 0.2) is 6.10 Å². The molecule has 0 radical (unpaired) electrons. The summed E-state index contributed by atoms with van der Waals surface area (Å²) in [6, 6.07) is 9.03. The molecule has 1 aliphatic carbocycles. The number of hydrogen-bond donors (Lipinski definition) is 0. The SMILES string of the molecule is O=C(ON1C(=O)CCC1=O)C(OC1CCC=CCCC1)c1ccccc1. The lowest BCUT2D eigenvalue weighted by Crippen LogP contribution is -2.35. The molecule has 2 aliphatic rings. The van der Waals surface area contributed by atoms with Crippen molar-refractivity contribution in [3.8, 4) is 0 Å². The van der Waals surface area contributed by atoms with Crippen molar-refractivity contribution in [2.75, 3.05) is 0 Å². The molecule has 1 fully saturated rings. The van der Waals surface area contributed by atoms with E-state index in [0.29, 0.717) is 10.6 Å².